The Morgan fingerprint density at radius 1 is 1.29 bits per heavy atom. The number of rotatable bonds is 6. The molecule has 1 aliphatic rings. The molecule has 1 nitrogen and oxygen atoms in total. The van der Waals surface area contributed by atoms with Crippen molar-refractivity contribution in [3.8, 4) is 0 Å². The minimum absolute atomic E-state index is 0.845. The molecule has 0 heterocycles. The van der Waals surface area contributed by atoms with Crippen molar-refractivity contribution in [2.45, 2.75) is 39.0 Å². The molecule has 0 bridgehead atoms. The van der Waals surface area contributed by atoms with Gasteiger partial charge in [0.05, 0.1) is 0 Å². The fraction of sp³-hybridized carbons (Fsp3) is 1.00. The highest BCUT2D eigenvalue weighted by Crippen LogP contribution is 2.29. The predicted octanol–water partition coefficient (Wildman–Crippen LogP) is 3.58. The summed E-state index contributed by atoms with van der Waals surface area (Å²) >= 11 is 1.91. The van der Waals surface area contributed by atoms with E-state index in [2.05, 4.69) is 13.2 Å². The molecule has 14 heavy (non-hydrogen) atoms. The predicted molar refractivity (Wildman–Crippen MR) is 64.9 cm³/mol. The first-order chi connectivity index (χ1) is 6.84. The third-order valence-electron chi connectivity index (χ3n) is 3.26. The minimum Gasteiger partial charge on any atom is -0.381 e. The van der Waals surface area contributed by atoms with Gasteiger partial charge in [0.2, 0.25) is 0 Å². The molecule has 84 valence electrons. The molecule has 0 aromatic carbocycles. The maximum Gasteiger partial charge on any atom is 0.0496 e. The van der Waals surface area contributed by atoms with Gasteiger partial charge in [-0.25, -0.2) is 0 Å². The molecule has 0 aromatic heterocycles. The second-order valence-electron chi connectivity index (χ2n) is 4.44. The van der Waals surface area contributed by atoms with E-state index in [0.29, 0.717) is 0 Å². The lowest BCUT2D eigenvalue weighted by atomic mass is 9.81. The van der Waals surface area contributed by atoms with Crippen molar-refractivity contribution in [1.82, 2.24) is 0 Å². The third kappa shape index (κ3) is 4.70. The summed E-state index contributed by atoms with van der Waals surface area (Å²) in [5.41, 5.74) is 0. The molecule has 2 atom stereocenters. The molecule has 0 aromatic rings. The Hall–Kier alpha value is 0.310. The molecule has 0 amide bonds. The highest BCUT2D eigenvalue weighted by molar-refractivity contribution is 7.98. The SMILES string of the molecule is CSCCCOCC1CCCCC1C. The molecule has 1 aliphatic carbocycles. The van der Waals surface area contributed by atoms with Crippen LogP contribution in [0.3, 0.4) is 0 Å². The Labute approximate surface area is 93.0 Å². The first-order valence-corrected chi connectivity index (χ1v) is 7.30. The summed E-state index contributed by atoms with van der Waals surface area (Å²) < 4.78 is 5.73. The van der Waals surface area contributed by atoms with Gasteiger partial charge in [0.1, 0.15) is 0 Å². The van der Waals surface area contributed by atoms with E-state index in [1.807, 2.05) is 11.8 Å². The lowest BCUT2D eigenvalue weighted by Gasteiger charge is -2.28. The van der Waals surface area contributed by atoms with Gasteiger partial charge < -0.3 is 4.74 Å². The van der Waals surface area contributed by atoms with Gasteiger partial charge in [-0.2, -0.15) is 11.8 Å². The van der Waals surface area contributed by atoms with E-state index in [4.69, 9.17) is 4.74 Å². The molecule has 0 radical (unpaired) electrons. The summed E-state index contributed by atoms with van der Waals surface area (Å²) in [5.74, 6) is 2.97. The van der Waals surface area contributed by atoms with Crippen LogP contribution in [-0.2, 0) is 4.74 Å². The first kappa shape index (κ1) is 12.4. The number of thioether (sulfide) groups is 1. The highest BCUT2D eigenvalue weighted by atomic mass is 32.2. The quantitative estimate of drug-likeness (QED) is 0.628. The zero-order valence-corrected chi connectivity index (χ0v) is 10.4. The third-order valence-corrected chi connectivity index (χ3v) is 3.96. The van der Waals surface area contributed by atoms with E-state index in [0.717, 1.165) is 25.0 Å². The fourth-order valence-electron chi connectivity index (χ4n) is 2.18. The van der Waals surface area contributed by atoms with Crippen molar-refractivity contribution in [1.29, 1.82) is 0 Å². The smallest absolute Gasteiger partial charge is 0.0496 e. The average Bonchev–Trinajstić information content (AvgIpc) is 2.20. The largest absolute Gasteiger partial charge is 0.381 e. The first-order valence-electron chi connectivity index (χ1n) is 5.91. The second kappa shape index (κ2) is 7.58. The molecule has 0 aliphatic heterocycles. The molecule has 2 unspecified atom stereocenters. The summed E-state index contributed by atoms with van der Waals surface area (Å²) in [4.78, 5) is 0. The topological polar surface area (TPSA) is 9.23 Å². The van der Waals surface area contributed by atoms with Crippen molar-refractivity contribution in [2.75, 3.05) is 25.2 Å². The van der Waals surface area contributed by atoms with Crippen LogP contribution in [0.15, 0.2) is 0 Å². The van der Waals surface area contributed by atoms with Crippen molar-refractivity contribution in [3.63, 3.8) is 0 Å². The molecule has 0 saturated heterocycles. The Kier molecular flexibility index (Phi) is 6.70. The van der Waals surface area contributed by atoms with Gasteiger partial charge in [0.25, 0.3) is 0 Å². The lowest BCUT2D eigenvalue weighted by molar-refractivity contribution is 0.0644. The highest BCUT2D eigenvalue weighted by Gasteiger charge is 2.20. The average molecular weight is 216 g/mol. The van der Waals surface area contributed by atoms with Crippen molar-refractivity contribution in [2.24, 2.45) is 11.8 Å². The Bertz CT molecular complexity index is 138. The monoisotopic (exact) mass is 216 g/mol. The van der Waals surface area contributed by atoms with Crippen LogP contribution in [0.4, 0.5) is 0 Å². The summed E-state index contributed by atoms with van der Waals surface area (Å²) in [5, 5.41) is 0. The molecular formula is C12H24OS. The molecule has 2 heteroatoms. The minimum atomic E-state index is 0.845. The molecule has 1 saturated carbocycles. The standard InChI is InChI=1S/C12H24OS/c1-11-6-3-4-7-12(11)10-13-8-5-9-14-2/h11-12H,3-10H2,1-2H3. The molecule has 1 rings (SSSR count). The maximum atomic E-state index is 5.73. The van der Waals surface area contributed by atoms with Crippen LogP contribution in [0.2, 0.25) is 0 Å². The van der Waals surface area contributed by atoms with Crippen LogP contribution in [0.25, 0.3) is 0 Å². The Morgan fingerprint density at radius 3 is 2.79 bits per heavy atom. The Balaban J connectivity index is 1.99. The van der Waals surface area contributed by atoms with Gasteiger partial charge in [0, 0.05) is 13.2 Å². The zero-order chi connectivity index (χ0) is 10.2. The second-order valence-corrected chi connectivity index (χ2v) is 5.43. The van der Waals surface area contributed by atoms with Gasteiger partial charge in [-0.1, -0.05) is 26.2 Å². The van der Waals surface area contributed by atoms with Crippen LogP contribution < -0.4 is 0 Å². The number of hydrogen-bond acceptors (Lipinski definition) is 2. The van der Waals surface area contributed by atoms with Crippen LogP contribution >= 0.6 is 11.8 Å². The van der Waals surface area contributed by atoms with E-state index >= 15 is 0 Å². The van der Waals surface area contributed by atoms with E-state index in [-0.39, 0.29) is 0 Å². The molecule has 0 N–H and O–H groups in total. The summed E-state index contributed by atoms with van der Waals surface area (Å²) in [6, 6.07) is 0. The summed E-state index contributed by atoms with van der Waals surface area (Å²) in [7, 11) is 0. The van der Waals surface area contributed by atoms with Crippen LogP contribution in [0.5, 0.6) is 0 Å². The van der Waals surface area contributed by atoms with Crippen molar-refractivity contribution < 1.29 is 4.74 Å². The van der Waals surface area contributed by atoms with E-state index in [9.17, 15) is 0 Å². The molecular weight excluding hydrogens is 192 g/mol. The van der Waals surface area contributed by atoms with Gasteiger partial charge in [-0.05, 0) is 36.7 Å². The van der Waals surface area contributed by atoms with Gasteiger partial charge >= 0.3 is 0 Å². The fourth-order valence-corrected chi connectivity index (χ4v) is 2.59. The van der Waals surface area contributed by atoms with E-state index < -0.39 is 0 Å². The molecule has 1 fully saturated rings. The maximum absolute atomic E-state index is 5.73. The van der Waals surface area contributed by atoms with E-state index in [1.54, 1.807) is 0 Å². The van der Waals surface area contributed by atoms with Gasteiger partial charge in [-0.15, -0.1) is 0 Å². The lowest BCUT2D eigenvalue weighted by Crippen LogP contribution is -2.22. The summed E-state index contributed by atoms with van der Waals surface area (Å²) in [6.45, 7) is 4.36. The van der Waals surface area contributed by atoms with Crippen LogP contribution in [0, 0.1) is 11.8 Å². The molecule has 0 spiro atoms. The normalized spacial score (nSPS) is 27.9. The van der Waals surface area contributed by atoms with E-state index in [1.165, 1.54) is 37.9 Å². The number of hydrogen-bond donors (Lipinski definition) is 0. The Morgan fingerprint density at radius 2 is 2.07 bits per heavy atom. The van der Waals surface area contributed by atoms with Gasteiger partial charge in [0.15, 0.2) is 0 Å². The van der Waals surface area contributed by atoms with Crippen molar-refractivity contribution in [3.05, 3.63) is 0 Å². The van der Waals surface area contributed by atoms with Gasteiger partial charge in [-0.3, -0.25) is 0 Å². The van der Waals surface area contributed by atoms with Crippen molar-refractivity contribution >= 4 is 11.8 Å². The van der Waals surface area contributed by atoms with Crippen LogP contribution in [-0.4, -0.2) is 25.2 Å². The number of ether oxygens (including phenoxy) is 1. The van der Waals surface area contributed by atoms with Crippen LogP contribution in [0.1, 0.15) is 39.0 Å². The zero-order valence-electron chi connectivity index (χ0n) is 9.63. The summed E-state index contributed by atoms with van der Waals surface area (Å²) in [6.07, 6.45) is 9.03.